The van der Waals surface area contributed by atoms with Gasteiger partial charge in [0.1, 0.15) is 0 Å². The Morgan fingerprint density at radius 2 is 2.06 bits per heavy atom. The molecule has 4 aliphatic rings. The van der Waals surface area contributed by atoms with E-state index in [1.807, 2.05) is 24.1 Å². The van der Waals surface area contributed by atoms with Crippen LogP contribution in [0, 0.1) is 5.41 Å². The van der Waals surface area contributed by atoms with Crippen molar-refractivity contribution < 1.29 is 4.79 Å². The molecule has 0 saturated heterocycles. The van der Waals surface area contributed by atoms with Gasteiger partial charge in [-0.3, -0.25) is 9.48 Å². The molecule has 2 aliphatic heterocycles. The molecule has 0 fully saturated rings. The van der Waals surface area contributed by atoms with Gasteiger partial charge in [-0.15, -0.1) is 0 Å². The lowest BCUT2D eigenvalue weighted by molar-refractivity contribution is -0.119. The maximum atomic E-state index is 13.7. The summed E-state index contributed by atoms with van der Waals surface area (Å²) < 4.78 is 1.93. The van der Waals surface area contributed by atoms with Gasteiger partial charge in [0.15, 0.2) is 11.9 Å². The van der Waals surface area contributed by atoms with E-state index in [2.05, 4.69) is 58.8 Å². The summed E-state index contributed by atoms with van der Waals surface area (Å²) in [6, 6.07) is 8.62. The second-order valence-electron chi connectivity index (χ2n) is 10.1. The van der Waals surface area contributed by atoms with Crippen LogP contribution < -0.4 is 5.32 Å². The summed E-state index contributed by atoms with van der Waals surface area (Å²) in [7, 11) is 1.98. The van der Waals surface area contributed by atoms with Crippen molar-refractivity contribution in [3.63, 3.8) is 0 Å². The molecule has 6 nitrogen and oxygen atoms in total. The Morgan fingerprint density at radius 1 is 1.19 bits per heavy atom. The number of aryl methyl sites for hydroxylation is 1. The van der Waals surface area contributed by atoms with E-state index in [4.69, 9.17) is 0 Å². The third kappa shape index (κ3) is 2.51. The molecule has 0 radical (unpaired) electrons. The lowest BCUT2D eigenvalue weighted by atomic mass is 9.55. The minimum atomic E-state index is -0.440. The normalized spacial score (nSPS) is 28.2. The van der Waals surface area contributed by atoms with Crippen molar-refractivity contribution in [3.05, 3.63) is 64.6 Å². The summed E-state index contributed by atoms with van der Waals surface area (Å²) in [6.07, 6.45) is 7.98. The molecule has 2 aliphatic carbocycles. The summed E-state index contributed by atoms with van der Waals surface area (Å²) >= 11 is 0. The van der Waals surface area contributed by atoms with Crippen molar-refractivity contribution in [1.29, 1.82) is 0 Å². The number of benzene rings is 1. The van der Waals surface area contributed by atoms with Crippen molar-refractivity contribution in [1.82, 2.24) is 15.1 Å². The lowest BCUT2D eigenvalue weighted by Gasteiger charge is -2.50. The van der Waals surface area contributed by atoms with Crippen molar-refractivity contribution in [2.75, 3.05) is 0 Å². The number of hydrogen-bond acceptors (Lipinski definition) is 5. The highest BCUT2D eigenvalue weighted by Gasteiger charge is 2.55. The zero-order valence-electron chi connectivity index (χ0n) is 18.3. The zero-order valence-corrected chi connectivity index (χ0v) is 18.3. The number of fused-ring (bicyclic) bond motifs is 5. The van der Waals surface area contributed by atoms with Gasteiger partial charge in [-0.1, -0.05) is 32.0 Å². The zero-order chi connectivity index (χ0) is 21.4. The van der Waals surface area contributed by atoms with Crippen LogP contribution in [0.3, 0.4) is 0 Å². The Morgan fingerprint density at radius 3 is 2.87 bits per heavy atom. The molecule has 1 spiro atoms. The monoisotopic (exact) mass is 413 g/mol. The van der Waals surface area contributed by atoms with Gasteiger partial charge in [0.25, 0.3) is 0 Å². The fourth-order valence-corrected chi connectivity index (χ4v) is 6.35. The highest BCUT2D eigenvalue weighted by atomic mass is 16.1. The first-order valence-electron chi connectivity index (χ1n) is 11.2. The first kappa shape index (κ1) is 18.7. The Hall–Kier alpha value is -3.02. The van der Waals surface area contributed by atoms with Gasteiger partial charge >= 0.3 is 0 Å². The van der Waals surface area contributed by atoms with Crippen LogP contribution in [0.5, 0.6) is 0 Å². The number of Topliss-reactive ketones (excluding diaryl/α,β-unsaturated/α-hetero) is 1. The van der Waals surface area contributed by atoms with Crippen LogP contribution in [0.15, 0.2) is 63.7 Å². The van der Waals surface area contributed by atoms with Crippen molar-refractivity contribution >= 4 is 5.78 Å². The van der Waals surface area contributed by atoms with E-state index in [9.17, 15) is 4.79 Å². The number of azo groups is 1. The topological polar surface area (TPSA) is 71.6 Å². The molecule has 6 rings (SSSR count). The van der Waals surface area contributed by atoms with Gasteiger partial charge in [-0.2, -0.15) is 15.3 Å². The Kier molecular flexibility index (Phi) is 3.78. The maximum Gasteiger partial charge on any atom is 0.164 e. The summed E-state index contributed by atoms with van der Waals surface area (Å²) in [5.41, 5.74) is 7.58. The first-order valence-corrected chi connectivity index (χ1v) is 11.2. The summed E-state index contributed by atoms with van der Waals surface area (Å²) in [5.74, 6) is 0.267. The smallest absolute Gasteiger partial charge is 0.164 e. The molecule has 1 aromatic heterocycles. The van der Waals surface area contributed by atoms with Crippen LogP contribution in [-0.2, 0) is 23.7 Å². The van der Waals surface area contributed by atoms with E-state index in [1.54, 1.807) is 0 Å². The van der Waals surface area contributed by atoms with Gasteiger partial charge in [0.05, 0.1) is 17.3 Å². The van der Waals surface area contributed by atoms with E-state index >= 15 is 0 Å². The van der Waals surface area contributed by atoms with Crippen LogP contribution in [0.2, 0.25) is 0 Å². The third-order valence-corrected chi connectivity index (χ3v) is 7.49. The third-order valence-electron chi connectivity index (χ3n) is 7.49. The molecule has 158 valence electrons. The van der Waals surface area contributed by atoms with E-state index in [0.29, 0.717) is 6.42 Å². The fourth-order valence-electron chi connectivity index (χ4n) is 6.35. The van der Waals surface area contributed by atoms with Crippen LogP contribution in [0.4, 0.5) is 0 Å². The number of allylic oxidation sites excluding steroid dienone is 2. The summed E-state index contributed by atoms with van der Waals surface area (Å²) in [6.45, 7) is 4.36. The Bertz CT molecular complexity index is 1210. The number of carbonyl (C=O) groups excluding carboxylic acids is 1. The SMILES string of the molecule is Cn1nccc1-c1cccc2c1CCC[C@@]21C2=CN=NC2NC2=C1C(=O)CC(C)(C)C2. The Balaban J connectivity index is 1.64. The van der Waals surface area contributed by atoms with E-state index in [0.717, 1.165) is 48.2 Å². The number of carbonyl (C=O) groups is 1. The second kappa shape index (κ2) is 6.25. The largest absolute Gasteiger partial charge is 0.362 e. The molecule has 31 heavy (non-hydrogen) atoms. The van der Waals surface area contributed by atoms with Gasteiger partial charge in [-0.05, 0) is 48.3 Å². The predicted octanol–water partition coefficient (Wildman–Crippen LogP) is 4.58. The summed E-state index contributed by atoms with van der Waals surface area (Å²) in [4.78, 5) is 13.7. The second-order valence-corrected chi connectivity index (χ2v) is 10.1. The first-order chi connectivity index (χ1) is 14.9. The lowest BCUT2D eigenvalue weighted by Crippen LogP contribution is -2.52. The number of aromatic nitrogens is 2. The quantitative estimate of drug-likeness (QED) is 0.744. The molecule has 1 unspecified atom stereocenters. The highest BCUT2D eigenvalue weighted by molar-refractivity contribution is 6.01. The van der Waals surface area contributed by atoms with Gasteiger partial charge in [0.2, 0.25) is 0 Å². The van der Waals surface area contributed by atoms with Crippen molar-refractivity contribution in [2.24, 2.45) is 22.7 Å². The van der Waals surface area contributed by atoms with Crippen molar-refractivity contribution in [3.8, 4) is 11.3 Å². The van der Waals surface area contributed by atoms with Crippen LogP contribution in [0.1, 0.15) is 50.7 Å². The van der Waals surface area contributed by atoms with E-state index in [1.165, 1.54) is 16.7 Å². The number of nitrogens with one attached hydrogen (secondary N) is 1. The average Bonchev–Trinajstić information content (AvgIpc) is 3.35. The predicted molar refractivity (Wildman–Crippen MR) is 118 cm³/mol. The van der Waals surface area contributed by atoms with Gasteiger partial charge < -0.3 is 5.32 Å². The maximum absolute atomic E-state index is 13.7. The van der Waals surface area contributed by atoms with Crippen LogP contribution in [-0.4, -0.2) is 21.7 Å². The minimum Gasteiger partial charge on any atom is -0.362 e. The molecule has 0 amide bonds. The molecular formula is C25H27N5O. The van der Waals surface area contributed by atoms with E-state index < -0.39 is 5.41 Å². The number of rotatable bonds is 1. The summed E-state index contributed by atoms with van der Waals surface area (Å²) in [5, 5.41) is 16.8. The van der Waals surface area contributed by atoms with Crippen LogP contribution in [0.25, 0.3) is 11.3 Å². The Labute approximate surface area is 182 Å². The van der Waals surface area contributed by atoms with Gasteiger partial charge in [0, 0.05) is 42.1 Å². The molecule has 0 bridgehead atoms. The van der Waals surface area contributed by atoms with Crippen molar-refractivity contribution in [2.45, 2.75) is 57.5 Å². The molecular weight excluding hydrogens is 386 g/mol. The minimum absolute atomic E-state index is 0.0465. The molecule has 6 heteroatoms. The number of hydrogen-bond donors (Lipinski definition) is 1. The fraction of sp³-hybridized carbons (Fsp3) is 0.440. The molecule has 2 atom stereocenters. The molecule has 0 saturated carbocycles. The average molecular weight is 414 g/mol. The molecule has 3 heterocycles. The van der Waals surface area contributed by atoms with Gasteiger partial charge in [-0.25, -0.2) is 0 Å². The highest BCUT2D eigenvalue weighted by Crippen LogP contribution is 2.57. The molecule has 1 aromatic carbocycles. The number of ketones is 1. The standard InChI is InChI=1S/C25H27N5O/c1-24(2)12-19-22(21(31)13-24)25(18-14-26-29-23(18)28-19)10-5-7-15-16(6-4-8-17(15)25)20-9-11-27-30(20)3/h4,6,8-9,11,14,23,28H,5,7,10,12-13H2,1-3H3/t23?,25-/m0/s1. The van der Waals surface area contributed by atoms with E-state index in [-0.39, 0.29) is 17.4 Å². The molecule has 1 N–H and O–H groups in total. The molecule has 2 aromatic rings. The van der Waals surface area contributed by atoms with Crippen LogP contribution >= 0.6 is 0 Å². The number of nitrogens with zero attached hydrogens (tertiary/aromatic N) is 4.